The summed E-state index contributed by atoms with van der Waals surface area (Å²) in [5.41, 5.74) is 0.244. The summed E-state index contributed by atoms with van der Waals surface area (Å²) in [5, 5.41) is 9.33. The lowest BCUT2D eigenvalue weighted by molar-refractivity contribution is -0.137. The van der Waals surface area contributed by atoms with Crippen molar-refractivity contribution in [3.8, 4) is 5.75 Å². The van der Waals surface area contributed by atoms with E-state index in [0.29, 0.717) is 5.75 Å². The minimum Gasteiger partial charge on any atom is -0.497 e. The molecule has 0 aliphatic heterocycles. The zero-order valence-corrected chi connectivity index (χ0v) is 15.4. The van der Waals surface area contributed by atoms with Gasteiger partial charge in [0.2, 0.25) is 0 Å². The first-order valence-electron chi connectivity index (χ1n) is 6.94. The maximum absolute atomic E-state index is 13.0. The van der Waals surface area contributed by atoms with E-state index in [0.717, 1.165) is 8.78 Å². The van der Waals surface area contributed by atoms with Gasteiger partial charge in [-0.15, -0.1) is 0 Å². The fourth-order valence-electron chi connectivity index (χ4n) is 2.12. The van der Waals surface area contributed by atoms with E-state index < -0.39 is 22.0 Å². The smallest absolute Gasteiger partial charge is 0.327 e. The Bertz CT molecular complexity index is 819. The summed E-state index contributed by atoms with van der Waals surface area (Å²) in [6.45, 7) is 1.32. The number of carbonyl (C=O) groups is 1. The first kappa shape index (κ1) is 18.3. The molecule has 0 spiro atoms. The highest BCUT2D eigenvalue weighted by Gasteiger charge is 2.33. The summed E-state index contributed by atoms with van der Waals surface area (Å²) in [6.07, 6.45) is 0. The zero-order chi connectivity index (χ0) is 17.9. The summed E-state index contributed by atoms with van der Waals surface area (Å²) >= 11 is 3.25. The largest absolute Gasteiger partial charge is 0.497 e. The van der Waals surface area contributed by atoms with Crippen LogP contribution < -0.4 is 9.04 Å². The van der Waals surface area contributed by atoms with Gasteiger partial charge < -0.3 is 9.84 Å². The predicted molar refractivity (Wildman–Crippen MR) is 93.9 cm³/mol. The summed E-state index contributed by atoms with van der Waals surface area (Å²) in [6, 6.07) is 10.9. The second kappa shape index (κ2) is 7.23. The first-order chi connectivity index (χ1) is 11.3. The van der Waals surface area contributed by atoms with E-state index >= 15 is 0 Å². The third-order valence-electron chi connectivity index (χ3n) is 3.41. The van der Waals surface area contributed by atoms with Crippen LogP contribution in [0.2, 0.25) is 0 Å². The van der Waals surface area contributed by atoms with Gasteiger partial charge in [-0.2, -0.15) is 0 Å². The maximum atomic E-state index is 13.0. The van der Waals surface area contributed by atoms with E-state index in [2.05, 4.69) is 15.9 Å². The van der Waals surface area contributed by atoms with Crippen molar-refractivity contribution in [2.75, 3.05) is 11.4 Å². The number of halogens is 1. The molecule has 2 rings (SSSR count). The molecule has 2 aromatic rings. The van der Waals surface area contributed by atoms with E-state index in [9.17, 15) is 18.3 Å². The number of carboxylic acid groups (broad SMARTS) is 1. The molecule has 24 heavy (non-hydrogen) atoms. The number of sulfonamides is 1. The number of benzene rings is 2. The van der Waals surface area contributed by atoms with Crippen molar-refractivity contribution in [3.05, 3.63) is 53.0 Å². The number of anilines is 1. The average molecular weight is 414 g/mol. The Labute approximate surface area is 148 Å². The molecule has 0 aliphatic carbocycles. The third-order valence-corrected chi connectivity index (χ3v) is 5.85. The Morgan fingerprint density at radius 2 is 1.67 bits per heavy atom. The van der Waals surface area contributed by atoms with Crippen molar-refractivity contribution in [2.45, 2.75) is 17.9 Å². The number of carboxylic acids is 1. The van der Waals surface area contributed by atoms with Gasteiger partial charge in [-0.1, -0.05) is 15.9 Å². The maximum Gasteiger partial charge on any atom is 0.327 e. The molecule has 8 heteroatoms. The SMILES string of the molecule is COc1ccc(N(C(C)C(=O)O)S(=O)(=O)c2ccc(Br)cc2)cc1. The van der Waals surface area contributed by atoms with Crippen molar-refractivity contribution >= 4 is 37.6 Å². The normalized spacial score (nSPS) is 12.5. The van der Waals surface area contributed by atoms with Crippen LogP contribution in [-0.2, 0) is 14.8 Å². The summed E-state index contributed by atoms with van der Waals surface area (Å²) < 4.78 is 32.6. The average Bonchev–Trinajstić information content (AvgIpc) is 2.55. The van der Waals surface area contributed by atoms with Gasteiger partial charge in [0.15, 0.2) is 0 Å². The van der Waals surface area contributed by atoms with Crippen molar-refractivity contribution in [3.63, 3.8) is 0 Å². The van der Waals surface area contributed by atoms with Crippen molar-refractivity contribution in [1.29, 1.82) is 0 Å². The van der Waals surface area contributed by atoms with Gasteiger partial charge in [-0.05, 0) is 55.5 Å². The van der Waals surface area contributed by atoms with Crippen LogP contribution >= 0.6 is 15.9 Å². The van der Waals surface area contributed by atoms with E-state index in [1.165, 1.54) is 38.3 Å². The number of aliphatic carboxylic acids is 1. The van der Waals surface area contributed by atoms with Crippen LogP contribution in [0.15, 0.2) is 57.9 Å². The number of ether oxygens (including phenoxy) is 1. The van der Waals surface area contributed by atoms with Gasteiger partial charge in [0.05, 0.1) is 17.7 Å². The molecule has 128 valence electrons. The number of hydrogen-bond donors (Lipinski definition) is 1. The predicted octanol–water partition coefficient (Wildman–Crippen LogP) is 3.13. The van der Waals surface area contributed by atoms with E-state index in [4.69, 9.17) is 4.74 Å². The van der Waals surface area contributed by atoms with Crippen LogP contribution in [0.1, 0.15) is 6.92 Å². The van der Waals surface area contributed by atoms with Gasteiger partial charge in [0.25, 0.3) is 10.0 Å². The Morgan fingerprint density at radius 3 is 2.12 bits per heavy atom. The van der Waals surface area contributed by atoms with E-state index in [-0.39, 0.29) is 10.6 Å². The molecular formula is C16H16BrNO5S. The van der Waals surface area contributed by atoms with Crippen LogP contribution in [-0.4, -0.2) is 32.6 Å². The van der Waals surface area contributed by atoms with E-state index in [1.54, 1.807) is 24.3 Å². The minimum atomic E-state index is -4.04. The molecule has 0 aromatic heterocycles. The quantitative estimate of drug-likeness (QED) is 0.785. The molecule has 0 heterocycles. The Balaban J connectivity index is 2.56. The van der Waals surface area contributed by atoms with Crippen LogP contribution in [0.25, 0.3) is 0 Å². The fourth-order valence-corrected chi connectivity index (χ4v) is 4.00. The van der Waals surface area contributed by atoms with Gasteiger partial charge in [-0.25, -0.2) is 13.2 Å². The lowest BCUT2D eigenvalue weighted by Gasteiger charge is -2.28. The Hall–Kier alpha value is -2.06. The third kappa shape index (κ3) is 3.70. The lowest BCUT2D eigenvalue weighted by atomic mass is 10.2. The molecule has 0 fully saturated rings. The van der Waals surface area contributed by atoms with Crippen molar-refractivity contribution in [2.24, 2.45) is 0 Å². The van der Waals surface area contributed by atoms with Crippen molar-refractivity contribution in [1.82, 2.24) is 0 Å². The summed E-state index contributed by atoms with van der Waals surface area (Å²) in [5.74, 6) is -0.700. The van der Waals surface area contributed by atoms with Gasteiger partial charge in [0, 0.05) is 4.47 Å². The van der Waals surface area contributed by atoms with Crippen molar-refractivity contribution < 1.29 is 23.1 Å². The minimum absolute atomic E-state index is 0.00891. The molecule has 1 N–H and O–H groups in total. The highest BCUT2D eigenvalue weighted by Crippen LogP contribution is 2.28. The molecule has 6 nitrogen and oxygen atoms in total. The molecule has 1 atom stereocenters. The van der Waals surface area contributed by atoms with E-state index in [1.807, 2.05) is 0 Å². The molecule has 0 aliphatic rings. The molecule has 0 radical (unpaired) electrons. The van der Waals surface area contributed by atoms with Crippen LogP contribution in [0.4, 0.5) is 5.69 Å². The molecule has 2 aromatic carbocycles. The molecule has 0 saturated heterocycles. The van der Waals surface area contributed by atoms with Crippen LogP contribution in [0.5, 0.6) is 5.75 Å². The highest BCUT2D eigenvalue weighted by molar-refractivity contribution is 9.10. The Kier molecular flexibility index (Phi) is 5.51. The van der Waals surface area contributed by atoms with Gasteiger partial charge >= 0.3 is 5.97 Å². The van der Waals surface area contributed by atoms with Gasteiger partial charge in [-0.3, -0.25) is 4.31 Å². The molecular weight excluding hydrogens is 398 g/mol. The molecule has 1 unspecified atom stereocenters. The second-order valence-electron chi connectivity index (χ2n) is 4.97. The molecule has 0 saturated carbocycles. The molecule has 0 amide bonds. The summed E-state index contributed by atoms with van der Waals surface area (Å²) in [7, 11) is -2.55. The second-order valence-corrected chi connectivity index (χ2v) is 7.70. The fraction of sp³-hybridized carbons (Fsp3) is 0.188. The van der Waals surface area contributed by atoms with Crippen LogP contribution in [0.3, 0.4) is 0 Å². The van der Waals surface area contributed by atoms with Gasteiger partial charge in [0.1, 0.15) is 11.8 Å². The lowest BCUT2D eigenvalue weighted by Crippen LogP contribution is -2.43. The first-order valence-corrected chi connectivity index (χ1v) is 9.17. The topological polar surface area (TPSA) is 83.9 Å². The standard InChI is InChI=1S/C16H16BrNO5S/c1-11(16(19)20)18(13-5-7-14(23-2)8-6-13)24(21,22)15-9-3-12(17)4-10-15/h3-11H,1-2H3,(H,19,20). The highest BCUT2D eigenvalue weighted by atomic mass is 79.9. The number of methoxy groups -OCH3 is 1. The monoisotopic (exact) mass is 413 g/mol. The summed E-state index contributed by atoms with van der Waals surface area (Å²) in [4.78, 5) is 11.4. The number of rotatable bonds is 6. The zero-order valence-electron chi connectivity index (χ0n) is 13.0. The number of hydrogen-bond acceptors (Lipinski definition) is 4. The Morgan fingerprint density at radius 1 is 1.12 bits per heavy atom. The number of nitrogens with zero attached hydrogens (tertiary/aromatic N) is 1. The molecule has 0 bridgehead atoms. The van der Waals surface area contributed by atoms with Crippen LogP contribution in [0, 0.1) is 0 Å².